The zero-order valence-corrected chi connectivity index (χ0v) is 15.9. The first-order valence-corrected chi connectivity index (χ1v) is 9.37. The molecule has 2 aromatic carbocycles. The molecule has 0 unspecified atom stereocenters. The number of para-hydroxylation sites is 1. The highest BCUT2D eigenvalue weighted by atomic mass is 16.5. The Kier molecular flexibility index (Phi) is 6.12. The van der Waals surface area contributed by atoms with Crippen molar-refractivity contribution in [1.29, 1.82) is 0 Å². The van der Waals surface area contributed by atoms with Gasteiger partial charge in [-0.1, -0.05) is 24.3 Å². The fourth-order valence-electron chi connectivity index (χ4n) is 3.57. The van der Waals surface area contributed by atoms with Gasteiger partial charge in [-0.2, -0.15) is 0 Å². The van der Waals surface area contributed by atoms with Crippen LogP contribution in [0.4, 0.5) is 5.69 Å². The van der Waals surface area contributed by atoms with E-state index in [4.69, 9.17) is 9.47 Å². The van der Waals surface area contributed by atoms with Gasteiger partial charge in [0.05, 0.1) is 19.3 Å². The molecule has 5 heteroatoms. The molecule has 1 heterocycles. The Hall–Kier alpha value is -2.82. The first-order chi connectivity index (χ1) is 13.2. The number of esters is 1. The molecule has 0 spiro atoms. The lowest BCUT2D eigenvalue weighted by atomic mass is 9.95. The summed E-state index contributed by atoms with van der Waals surface area (Å²) in [5.41, 5.74) is 3.31. The summed E-state index contributed by atoms with van der Waals surface area (Å²) >= 11 is 0. The highest BCUT2D eigenvalue weighted by molar-refractivity contribution is 5.98. The highest BCUT2D eigenvalue weighted by Gasteiger charge is 2.26. The number of nitrogens with zero attached hydrogens (tertiary/aromatic N) is 1. The molecule has 0 N–H and O–H groups in total. The molecule has 1 amide bonds. The van der Waals surface area contributed by atoms with Gasteiger partial charge in [0, 0.05) is 18.7 Å². The fourth-order valence-corrected chi connectivity index (χ4v) is 3.57. The second-order valence-corrected chi connectivity index (χ2v) is 6.48. The van der Waals surface area contributed by atoms with Crippen molar-refractivity contribution >= 4 is 17.6 Å². The molecule has 0 saturated carbocycles. The van der Waals surface area contributed by atoms with Gasteiger partial charge in [0.2, 0.25) is 5.91 Å². The Bertz CT molecular complexity index is 831. The number of anilines is 1. The summed E-state index contributed by atoms with van der Waals surface area (Å²) in [6.07, 6.45) is 2.63. The summed E-state index contributed by atoms with van der Waals surface area (Å²) in [5.74, 6) is 0.538. The molecule has 0 aromatic heterocycles. The van der Waals surface area contributed by atoms with Crippen LogP contribution in [0.25, 0.3) is 0 Å². The van der Waals surface area contributed by atoms with Crippen molar-refractivity contribution in [3.63, 3.8) is 0 Å². The Balaban J connectivity index is 1.77. The second-order valence-electron chi connectivity index (χ2n) is 6.48. The number of carbonyl (C=O) groups is 2. The number of rotatable bonds is 6. The van der Waals surface area contributed by atoms with Gasteiger partial charge in [-0.3, -0.25) is 4.79 Å². The van der Waals surface area contributed by atoms with Crippen molar-refractivity contribution < 1.29 is 19.1 Å². The van der Waals surface area contributed by atoms with E-state index in [0.717, 1.165) is 35.4 Å². The van der Waals surface area contributed by atoms with Crippen molar-refractivity contribution in [2.75, 3.05) is 25.2 Å². The zero-order chi connectivity index (χ0) is 19.2. The normalized spacial score (nSPS) is 13.0. The van der Waals surface area contributed by atoms with E-state index >= 15 is 0 Å². The average molecular weight is 367 g/mol. The molecule has 0 saturated heterocycles. The van der Waals surface area contributed by atoms with Gasteiger partial charge in [-0.15, -0.1) is 0 Å². The Morgan fingerprint density at radius 3 is 2.70 bits per heavy atom. The molecule has 0 radical (unpaired) electrons. The average Bonchev–Trinajstić information content (AvgIpc) is 2.71. The number of hydrogen-bond acceptors (Lipinski definition) is 4. The highest BCUT2D eigenvalue weighted by Crippen LogP contribution is 2.31. The molecule has 1 aliphatic heterocycles. The van der Waals surface area contributed by atoms with Crippen LogP contribution in [0.15, 0.2) is 42.5 Å². The van der Waals surface area contributed by atoms with Crippen molar-refractivity contribution in [2.45, 2.75) is 32.6 Å². The number of methoxy groups -OCH3 is 1. The van der Waals surface area contributed by atoms with E-state index in [1.165, 1.54) is 7.11 Å². The molecule has 3 rings (SSSR count). The van der Waals surface area contributed by atoms with Crippen molar-refractivity contribution in [2.24, 2.45) is 0 Å². The van der Waals surface area contributed by atoms with Gasteiger partial charge in [0.1, 0.15) is 5.75 Å². The largest absolute Gasteiger partial charge is 0.494 e. The lowest BCUT2D eigenvalue weighted by molar-refractivity contribution is -0.118. The van der Waals surface area contributed by atoms with Crippen LogP contribution in [0.2, 0.25) is 0 Å². The van der Waals surface area contributed by atoms with E-state index in [9.17, 15) is 9.59 Å². The lowest BCUT2D eigenvalue weighted by Gasteiger charge is -2.30. The molecule has 0 fully saturated rings. The minimum atomic E-state index is -0.355. The monoisotopic (exact) mass is 367 g/mol. The van der Waals surface area contributed by atoms with Gasteiger partial charge in [0.15, 0.2) is 0 Å². The summed E-state index contributed by atoms with van der Waals surface area (Å²) in [6, 6.07) is 13.3. The molecule has 1 aliphatic rings. The van der Waals surface area contributed by atoms with E-state index in [2.05, 4.69) is 0 Å². The minimum absolute atomic E-state index is 0.0595. The molecule has 0 aliphatic carbocycles. The molecule has 5 nitrogen and oxygen atoms in total. The maximum absolute atomic E-state index is 12.9. The predicted octanol–water partition coefficient (Wildman–Crippen LogP) is 3.78. The van der Waals surface area contributed by atoms with Crippen LogP contribution >= 0.6 is 0 Å². The van der Waals surface area contributed by atoms with Gasteiger partial charge in [-0.05, 0) is 55.5 Å². The maximum atomic E-state index is 12.9. The summed E-state index contributed by atoms with van der Waals surface area (Å²) in [6.45, 7) is 3.22. The van der Waals surface area contributed by atoms with Crippen molar-refractivity contribution in [1.82, 2.24) is 0 Å². The number of carbonyl (C=O) groups excluding carboxylic acids is 2. The van der Waals surface area contributed by atoms with Crippen LogP contribution in [0.5, 0.6) is 5.75 Å². The standard InChI is InChI=1S/C22H25NO4/c1-3-27-20-12-5-4-8-16(20)13-14-21(24)23-15-7-10-17-18(22(25)26-2)9-6-11-19(17)23/h4-6,8-9,11-12H,3,7,10,13-15H2,1-2H3. The summed E-state index contributed by atoms with van der Waals surface area (Å²) in [5, 5.41) is 0. The van der Waals surface area contributed by atoms with Crippen LogP contribution in [0.3, 0.4) is 0 Å². The number of ether oxygens (including phenoxy) is 2. The van der Waals surface area contributed by atoms with E-state index < -0.39 is 0 Å². The maximum Gasteiger partial charge on any atom is 0.338 e. The third kappa shape index (κ3) is 4.13. The van der Waals surface area contributed by atoms with E-state index in [0.29, 0.717) is 31.6 Å². The number of hydrogen-bond donors (Lipinski definition) is 0. The van der Waals surface area contributed by atoms with Gasteiger partial charge >= 0.3 is 5.97 Å². The molecule has 27 heavy (non-hydrogen) atoms. The molecular weight excluding hydrogens is 342 g/mol. The van der Waals surface area contributed by atoms with Crippen LogP contribution in [0.1, 0.15) is 41.3 Å². The Morgan fingerprint density at radius 1 is 1.11 bits per heavy atom. The van der Waals surface area contributed by atoms with Gasteiger partial charge in [0.25, 0.3) is 0 Å². The number of aryl methyl sites for hydroxylation is 1. The minimum Gasteiger partial charge on any atom is -0.494 e. The molecule has 2 aromatic rings. The van der Waals surface area contributed by atoms with E-state index in [1.807, 2.05) is 37.3 Å². The number of benzene rings is 2. The summed E-state index contributed by atoms with van der Waals surface area (Å²) in [4.78, 5) is 26.8. The third-order valence-electron chi connectivity index (χ3n) is 4.84. The smallest absolute Gasteiger partial charge is 0.338 e. The van der Waals surface area contributed by atoms with Gasteiger partial charge in [-0.25, -0.2) is 4.79 Å². The van der Waals surface area contributed by atoms with Crippen LogP contribution in [-0.4, -0.2) is 32.1 Å². The topological polar surface area (TPSA) is 55.8 Å². The first kappa shape index (κ1) is 19.0. The quantitative estimate of drug-likeness (QED) is 0.729. The van der Waals surface area contributed by atoms with E-state index in [1.54, 1.807) is 17.0 Å². The number of fused-ring (bicyclic) bond motifs is 1. The summed E-state index contributed by atoms with van der Waals surface area (Å²) in [7, 11) is 1.38. The lowest BCUT2D eigenvalue weighted by Crippen LogP contribution is -2.36. The van der Waals surface area contributed by atoms with Crippen LogP contribution in [0, 0.1) is 0 Å². The van der Waals surface area contributed by atoms with Gasteiger partial charge < -0.3 is 14.4 Å². The van der Waals surface area contributed by atoms with Crippen molar-refractivity contribution in [3.05, 3.63) is 59.2 Å². The van der Waals surface area contributed by atoms with E-state index in [-0.39, 0.29) is 11.9 Å². The predicted molar refractivity (Wildman–Crippen MR) is 104 cm³/mol. The number of amides is 1. The Morgan fingerprint density at radius 2 is 1.93 bits per heavy atom. The second kappa shape index (κ2) is 8.71. The van der Waals surface area contributed by atoms with Crippen LogP contribution < -0.4 is 9.64 Å². The summed E-state index contributed by atoms with van der Waals surface area (Å²) < 4.78 is 10.5. The SMILES string of the molecule is CCOc1ccccc1CCC(=O)N1CCCc2c(C(=O)OC)cccc21. The third-order valence-corrected chi connectivity index (χ3v) is 4.84. The zero-order valence-electron chi connectivity index (χ0n) is 15.9. The first-order valence-electron chi connectivity index (χ1n) is 9.37. The molecular formula is C22H25NO4. The van der Waals surface area contributed by atoms with Crippen LogP contribution in [-0.2, 0) is 22.4 Å². The molecule has 0 atom stereocenters. The molecule has 0 bridgehead atoms. The Labute approximate surface area is 159 Å². The van der Waals surface area contributed by atoms with Crippen molar-refractivity contribution in [3.8, 4) is 5.75 Å². The fraction of sp³-hybridized carbons (Fsp3) is 0.364. The molecule has 142 valence electrons.